The number of aliphatic hydroxyl groups is 1. The van der Waals surface area contributed by atoms with E-state index in [2.05, 4.69) is 0 Å². The minimum absolute atomic E-state index is 0.161. The van der Waals surface area contributed by atoms with Gasteiger partial charge in [0.15, 0.2) is 12.2 Å². The van der Waals surface area contributed by atoms with E-state index in [1.807, 2.05) is 60.7 Å². The SMILES string of the molecule is CC(=O)OC1[C@@H](OCc2ccccc2)[C@H](O)C(C(N)=O)O[C@H]1Sc1ccccc1. The Kier molecular flexibility index (Phi) is 7.27. The van der Waals surface area contributed by atoms with Gasteiger partial charge in [-0.05, 0) is 17.7 Å². The summed E-state index contributed by atoms with van der Waals surface area (Å²) in [5.41, 5.74) is 5.51. The molecule has 0 aromatic heterocycles. The Morgan fingerprint density at radius 1 is 1.07 bits per heavy atom. The van der Waals surface area contributed by atoms with Crippen molar-refractivity contribution in [1.29, 1.82) is 0 Å². The number of carbonyl (C=O) groups is 2. The van der Waals surface area contributed by atoms with Crippen LogP contribution in [0.25, 0.3) is 0 Å². The highest BCUT2D eigenvalue weighted by Gasteiger charge is 2.50. The maximum Gasteiger partial charge on any atom is 0.303 e. The Hall–Kier alpha value is -2.39. The van der Waals surface area contributed by atoms with E-state index in [1.54, 1.807) is 0 Å². The summed E-state index contributed by atoms with van der Waals surface area (Å²) in [7, 11) is 0. The maximum atomic E-state index is 11.9. The second kappa shape index (κ2) is 9.89. The van der Waals surface area contributed by atoms with Crippen LogP contribution in [0.1, 0.15) is 12.5 Å². The van der Waals surface area contributed by atoms with E-state index in [0.29, 0.717) is 0 Å². The molecule has 2 aromatic carbocycles. The molecule has 29 heavy (non-hydrogen) atoms. The van der Waals surface area contributed by atoms with Crippen LogP contribution >= 0.6 is 11.8 Å². The summed E-state index contributed by atoms with van der Waals surface area (Å²) in [6.45, 7) is 1.43. The Bertz CT molecular complexity index is 818. The van der Waals surface area contributed by atoms with Crippen LogP contribution in [0.3, 0.4) is 0 Å². The minimum Gasteiger partial charge on any atom is -0.456 e. The molecule has 0 aliphatic carbocycles. The van der Waals surface area contributed by atoms with Gasteiger partial charge in [-0.1, -0.05) is 60.3 Å². The highest BCUT2D eigenvalue weighted by molar-refractivity contribution is 7.99. The first-order valence-electron chi connectivity index (χ1n) is 9.13. The van der Waals surface area contributed by atoms with Gasteiger partial charge in [-0.2, -0.15) is 0 Å². The third kappa shape index (κ3) is 5.57. The van der Waals surface area contributed by atoms with E-state index in [4.69, 9.17) is 19.9 Å². The highest BCUT2D eigenvalue weighted by Crippen LogP contribution is 2.36. The molecule has 1 heterocycles. The van der Waals surface area contributed by atoms with Crippen LogP contribution in [0.5, 0.6) is 0 Å². The number of ether oxygens (including phenoxy) is 3. The van der Waals surface area contributed by atoms with Crippen LogP contribution in [0, 0.1) is 0 Å². The summed E-state index contributed by atoms with van der Waals surface area (Å²) in [4.78, 5) is 24.5. The zero-order chi connectivity index (χ0) is 20.8. The molecule has 0 radical (unpaired) electrons. The van der Waals surface area contributed by atoms with E-state index in [-0.39, 0.29) is 6.61 Å². The minimum atomic E-state index is -1.38. The first-order valence-corrected chi connectivity index (χ1v) is 10.0. The second-order valence-electron chi connectivity index (χ2n) is 6.58. The molecule has 1 aliphatic heterocycles. The maximum absolute atomic E-state index is 11.9. The van der Waals surface area contributed by atoms with E-state index in [0.717, 1.165) is 10.5 Å². The predicted molar refractivity (Wildman–Crippen MR) is 107 cm³/mol. The van der Waals surface area contributed by atoms with Gasteiger partial charge in [-0.25, -0.2) is 0 Å². The van der Waals surface area contributed by atoms with Crippen molar-refractivity contribution in [3.05, 3.63) is 66.2 Å². The first kappa shape index (κ1) is 21.3. The summed E-state index contributed by atoms with van der Waals surface area (Å²) in [5.74, 6) is -1.36. The number of amides is 1. The molecule has 2 aromatic rings. The van der Waals surface area contributed by atoms with E-state index in [9.17, 15) is 14.7 Å². The van der Waals surface area contributed by atoms with Gasteiger partial charge in [0.25, 0.3) is 0 Å². The molecule has 1 saturated heterocycles. The fourth-order valence-corrected chi connectivity index (χ4v) is 4.16. The van der Waals surface area contributed by atoms with Gasteiger partial charge in [-0.15, -0.1) is 0 Å². The van der Waals surface area contributed by atoms with Gasteiger partial charge >= 0.3 is 5.97 Å². The summed E-state index contributed by atoms with van der Waals surface area (Å²) < 4.78 is 17.1. The van der Waals surface area contributed by atoms with Crippen molar-refractivity contribution in [2.75, 3.05) is 0 Å². The molecule has 0 bridgehead atoms. The van der Waals surface area contributed by atoms with Crippen LogP contribution < -0.4 is 5.73 Å². The molecular weight excluding hydrogens is 394 g/mol. The monoisotopic (exact) mass is 417 g/mol. The van der Waals surface area contributed by atoms with Gasteiger partial charge in [0.05, 0.1) is 6.61 Å². The van der Waals surface area contributed by atoms with Crippen molar-refractivity contribution in [2.45, 2.75) is 48.3 Å². The second-order valence-corrected chi connectivity index (χ2v) is 7.76. The Morgan fingerprint density at radius 2 is 1.69 bits per heavy atom. The van der Waals surface area contributed by atoms with Crippen molar-refractivity contribution in [3.63, 3.8) is 0 Å². The zero-order valence-electron chi connectivity index (χ0n) is 15.8. The van der Waals surface area contributed by atoms with Crippen LogP contribution in [0.4, 0.5) is 0 Å². The molecule has 0 saturated carbocycles. The number of thioether (sulfide) groups is 1. The normalized spacial score (nSPS) is 26.6. The molecule has 1 amide bonds. The number of hydrogen-bond acceptors (Lipinski definition) is 7. The Labute approximate surface area is 173 Å². The molecule has 0 spiro atoms. The average Bonchev–Trinajstić information content (AvgIpc) is 2.70. The van der Waals surface area contributed by atoms with Crippen molar-refractivity contribution in [1.82, 2.24) is 0 Å². The number of benzene rings is 2. The smallest absolute Gasteiger partial charge is 0.303 e. The van der Waals surface area contributed by atoms with Gasteiger partial charge < -0.3 is 25.1 Å². The Morgan fingerprint density at radius 3 is 2.28 bits per heavy atom. The number of nitrogens with two attached hydrogens (primary N) is 1. The molecule has 2 unspecified atom stereocenters. The molecule has 3 rings (SSSR count). The zero-order valence-corrected chi connectivity index (χ0v) is 16.7. The third-order valence-electron chi connectivity index (χ3n) is 4.38. The lowest BCUT2D eigenvalue weighted by atomic mass is 9.98. The van der Waals surface area contributed by atoms with Gasteiger partial charge in [0.1, 0.15) is 17.6 Å². The fourth-order valence-electron chi connectivity index (χ4n) is 3.06. The quantitative estimate of drug-likeness (QED) is 0.662. The number of aliphatic hydroxyl groups excluding tert-OH is 1. The summed E-state index contributed by atoms with van der Waals surface area (Å²) in [6.07, 6.45) is -4.60. The molecule has 5 atom stereocenters. The number of carbonyl (C=O) groups excluding carboxylic acids is 2. The number of hydrogen-bond donors (Lipinski definition) is 2. The summed E-state index contributed by atoms with van der Waals surface area (Å²) in [5, 5.41) is 10.7. The van der Waals surface area contributed by atoms with Crippen LogP contribution in [-0.4, -0.2) is 46.8 Å². The topological polar surface area (TPSA) is 108 Å². The van der Waals surface area contributed by atoms with E-state index in [1.165, 1.54) is 18.7 Å². The fraction of sp³-hybridized carbons (Fsp3) is 0.333. The van der Waals surface area contributed by atoms with Crippen LogP contribution in [-0.2, 0) is 30.4 Å². The summed E-state index contributed by atoms with van der Waals surface area (Å²) in [6, 6.07) is 18.7. The lowest BCUT2D eigenvalue weighted by Crippen LogP contribution is -2.61. The van der Waals surface area contributed by atoms with Crippen molar-refractivity contribution in [3.8, 4) is 0 Å². The van der Waals surface area contributed by atoms with Gasteiger partial charge in [-0.3, -0.25) is 9.59 Å². The lowest BCUT2D eigenvalue weighted by Gasteiger charge is -2.42. The predicted octanol–water partition coefficient (Wildman–Crippen LogP) is 1.87. The molecule has 1 fully saturated rings. The lowest BCUT2D eigenvalue weighted by molar-refractivity contribution is -0.224. The molecular formula is C21H23NO6S. The standard InChI is InChI=1S/C21H23NO6S/c1-13(23)27-19-17(26-12-14-8-4-2-5-9-14)16(24)18(20(22)25)28-21(19)29-15-10-6-3-7-11-15/h2-11,16-19,21,24H,12H2,1H3,(H2,22,25)/t16-,17-,18?,19?,21-/m0/s1. The largest absolute Gasteiger partial charge is 0.456 e. The molecule has 154 valence electrons. The first-order chi connectivity index (χ1) is 14.0. The molecule has 8 heteroatoms. The summed E-state index contributed by atoms with van der Waals surface area (Å²) >= 11 is 1.26. The van der Waals surface area contributed by atoms with E-state index >= 15 is 0 Å². The van der Waals surface area contributed by atoms with E-state index < -0.39 is 41.7 Å². The van der Waals surface area contributed by atoms with Gasteiger partial charge in [0, 0.05) is 11.8 Å². The Balaban J connectivity index is 1.86. The highest BCUT2D eigenvalue weighted by atomic mass is 32.2. The third-order valence-corrected chi connectivity index (χ3v) is 5.54. The number of esters is 1. The molecule has 3 N–H and O–H groups in total. The van der Waals surface area contributed by atoms with Crippen LogP contribution in [0.2, 0.25) is 0 Å². The number of primary amides is 1. The molecule has 1 aliphatic rings. The number of rotatable bonds is 7. The van der Waals surface area contributed by atoms with Crippen molar-refractivity contribution >= 4 is 23.6 Å². The van der Waals surface area contributed by atoms with Crippen molar-refractivity contribution in [2.24, 2.45) is 5.73 Å². The van der Waals surface area contributed by atoms with Crippen LogP contribution in [0.15, 0.2) is 65.6 Å². The average molecular weight is 417 g/mol. The van der Waals surface area contributed by atoms with Crippen molar-refractivity contribution < 1.29 is 28.9 Å². The van der Waals surface area contributed by atoms with Gasteiger partial charge in [0.2, 0.25) is 5.91 Å². The molecule has 7 nitrogen and oxygen atoms in total.